The smallest absolute Gasteiger partial charge is 0.0547 e. The number of nitrogens with zero attached hydrogens (tertiary/aromatic N) is 1. The number of halogens is 1. The van der Waals surface area contributed by atoms with Gasteiger partial charge in [0.2, 0.25) is 0 Å². The maximum absolute atomic E-state index is 4.27. The van der Waals surface area contributed by atoms with Gasteiger partial charge in [0, 0.05) is 15.8 Å². The topological polar surface area (TPSA) is 3.24 Å². The van der Waals surface area contributed by atoms with Gasteiger partial charge in [0.25, 0.3) is 0 Å². The third-order valence-corrected chi connectivity index (χ3v) is 7.70. The predicted octanol–water partition coefficient (Wildman–Crippen LogP) is 10.2. The lowest BCUT2D eigenvalue weighted by Crippen LogP contribution is -2.37. The Morgan fingerprint density at radius 3 is 2.00 bits per heavy atom. The molecule has 0 heterocycles. The average Bonchev–Trinajstić information content (AvgIpc) is 2.74. The molecule has 2 aromatic rings. The van der Waals surface area contributed by atoms with Crippen LogP contribution < -0.4 is 4.90 Å². The Balaban J connectivity index is 2.62. The second kappa shape index (κ2) is 11.3. The van der Waals surface area contributed by atoms with Gasteiger partial charge in [-0.2, -0.15) is 0 Å². The minimum Gasteiger partial charge on any atom is -0.334 e. The van der Waals surface area contributed by atoms with Crippen molar-refractivity contribution in [3.8, 4) is 0 Å². The van der Waals surface area contributed by atoms with E-state index in [-0.39, 0.29) is 16.9 Å². The zero-order valence-corrected chi connectivity index (χ0v) is 24.1. The highest BCUT2D eigenvalue weighted by Gasteiger charge is 2.28. The van der Waals surface area contributed by atoms with Gasteiger partial charge in [0.15, 0.2) is 0 Å². The molecule has 0 aliphatic rings. The van der Waals surface area contributed by atoms with Gasteiger partial charge in [-0.1, -0.05) is 109 Å². The number of benzene rings is 2. The van der Waals surface area contributed by atoms with E-state index in [0.29, 0.717) is 11.8 Å². The summed E-state index contributed by atoms with van der Waals surface area (Å²) in [6, 6.07) is 16.3. The van der Waals surface area contributed by atoms with Crippen molar-refractivity contribution in [2.75, 3.05) is 4.90 Å². The van der Waals surface area contributed by atoms with Crippen LogP contribution in [0.5, 0.6) is 0 Å². The molecule has 0 saturated heterocycles. The Kier molecular flexibility index (Phi) is 9.45. The first-order valence-corrected chi connectivity index (χ1v) is 13.4. The van der Waals surface area contributed by atoms with Gasteiger partial charge in [0.05, 0.1) is 6.04 Å². The van der Waals surface area contributed by atoms with E-state index >= 15 is 0 Å². The Bertz CT molecular complexity index is 902. The highest BCUT2D eigenvalue weighted by Crippen LogP contribution is 2.39. The van der Waals surface area contributed by atoms with Gasteiger partial charge in [-0.15, -0.1) is 6.58 Å². The van der Waals surface area contributed by atoms with E-state index in [2.05, 4.69) is 138 Å². The molecule has 2 rings (SSSR count). The van der Waals surface area contributed by atoms with Gasteiger partial charge >= 0.3 is 0 Å². The lowest BCUT2D eigenvalue weighted by atomic mass is 9.80. The lowest BCUT2D eigenvalue weighted by Gasteiger charge is -2.38. The Morgan fingerprint density at radius 1 is 0.909 bits per heavy atom. The summed E-state index contributed by atoms with van der Waals surface area (Å²) in [4.78, 5) is 2.49. The second-order valence-corrected chi connectivity index (χ2v) is 12.6. The summed E-state index contributed by atoms with van der Waals surface area (Å²) in [6.07, 6.45) is 5.84. The molecular weight excluding hydrogens is 466 g/mol. The molecule has 0 aliphatic heterocycles. The van der Waals surface area contributed by atoms with Crippen molar-refractivity contribution in [1.29, 1.82) is 0 Å². The third-order valence-electron chi connectivity index (χ3n) is 7.24. The molecule has 0 amide bonds. The van der Waals surface area contributed by atoms with E-state index in [1.165, 1.54) is 41.8 Å². The van der Waals surface area contributed by atoms with Crippen LogP contribution >= 0.6 is 15.9 Å². The quantitative estimate of drug-likeness (QED) is 0.286. The third kappa shape index (κ3) is 6.98. The van der Waals surface area contributed by atoms with Crippen molar-refractivity contribution in [1.82, 2.24) is 0 Å². The van der Waals surface area contributed by atoms with Crippen LogP contribution in [-0.2, 0) is 10.8 Å². The first-order chi connectivity index (χ1) is 15.3. The average molecular weight is 513 g/mol. The monoisotopic (exact) mass is 511 g/mol. The molecule has 0 spiro atoms. The molecule has 182 valence electrons. The summed E-state index contributed by atoms with van der Waals surface area (Å²) >= 11 is 3.79. The normalized spacial score (nSPS) is 14.3. The first-order valence-electron chi connectivity index (χ1n) is 12.6. The van der Waals surface area contributed by atoms with E-state index in [9.17, 15) is 0 Å². The van der Waals surface area contributed by atoms with Crippen molar-refractivity contribution in [2.45, 2.75) is 98.4 Å². The second-order valence-electron chi connectivity index (χ2n) is 11.7. The largest absolute Gasteiger partial charge is 0.334 e. The van der Waals surface area contributed by atoms with Crippen LogP contribution in [0, 0.1) is 11.8 Å². The van der Waals surface area contributed by atoms with E-state index in [4.69, 9.17) is 0 Å². The molecule has 1 nitrogen and oxygen atoms in total. The minimum atomic E-state index is 0.0741. The molecule has 2 atom stereocenters. The zero-order chi connectivity index (χ0) is 25.0. The molecule has 2 aromatic carbocycles. The van der Waals surface area contributed by atoms with Crippen LogP contribution in [0.4, 0.5) is 11.4 Å². The molecule has 0 bridgehead atoms. The van der Waals surface area contributed by atoms with Crippen molar-refractivity contribution < 1.29 is 0 Å². The number of hydrogen-bond acceptors (Lipinski definition) is 1. The molecule has 0 aromatic heterocycles. The van der Waals surface area contributed by atoms with Crippen LogP contribution in [-0.4, -0.2) is 6.04 Å². The van der Waals surface area contributed by atoms with Crippen LogP contribution in [0.15, 0.2) is 59.6 Å². The predicted molar refractivity (Wildman–Crippen MR) is 152 cm³/mol. The summed E-state index contributed by atoms with van der Waals surface area (Å²) in [5, 5.41) is 0. The summed E-state index contributed by atoms with van der Waals surface area (Å²) in [5.74, 6) is 1.01. The van der Waals surface area contributed by atoms with Gasteiger partial charge in [0.1, 0.15) is 0 Å². The van der Waals surface area contributed by atoms with Crippen molar-refractivity contribution >= 4 is 27.3 Å². The van der Waals surface area contributed by atoms with Crippen LogP contribution in [0.25, 0.3) is 0 Å². The van der Waals surface area contributed by atoms with Crippen LogP contribution in [0.1, 0.15) is 92.7 Å². The standard InChI is InChI=1S/C31H46BrN/c1-11-13-18-31(9,10)24-14-16-27(17-15-24)33(29(12-2)23(5)22(3)4)28-20-25(30(6,7)8)19-26(32)21-28/h12,14-17,19-23,29H,2,11,13,18H2,1,3-10H3/t23-,29?/m0/s1. The van der Waals surface area contributed by atoms with Crippen molar-refractivity contribution in [2.24, 2.45) is 11.8 Å². The highest BCUT2D eigenvalue weighted by molar-refractivity contribution is 9.10. The molecule has 0 saturated carbocycles. The number of rotatable bonds is 10. The highest BCUT2D eigenvalue weighted by atomic mass is 79.9. The fraction of sp³-hybridized carbons (Fsp3) is 0.548. The van der Waals surface area contributed by atoms with Gasteiger partial charge in [-0.3, -0.25) is 0 Å². The molecule has 0 fully saturated rings. The summed E-state index contributed by atoms with van der Waals surface area (Å²) in [7, 11) is 0. The van der Waals surface area contributed by atoms with Gasteiger partial charge in [-0.25, -0.2) is 0 Å². The fourth-order valence-corrected chi connectivity index (χ4v) is 4.91. The summed E-state index contributed by atoms with van der Waals surface area (Å²) in [6.45, 7) is 25.1. The van der Waals surface area contributed by atoms with E-state index in [1.807, 2.05) is 0 Å². The van der Waals surface area contributed by atoms with E-state index in [0.717, 1.165) is 4.47 Å². The van der Waals surface area contributed by atoms with Crippen molar-refractivity contribution in [3.05, 3.63) is 70.7 Å². The number of hydrogen-bond donors (Lipinski definition) is 0. The molecule has 0 radical (unpaired) electrons. The Morgan fingerprint density at radius 2 is 1.52 bits per heavy atom. The molecule has 2 heteroatoms. The maximum atomic E-state index is 4.27. The van der Waals surface area contributed by atoms with Gasteiger partial charge in [-0.05, 0) is 70.5 Å². The fourth-order valence-electron chi connectivity index (χ4n) is 4.43. The minimum absolute atomic E-state index is 0.0741. The van der Waals surface area contributed by atoms with Crippen LogP contribution in [0.2, 0.25) is 0 Å². The molecule has 33 heavy (non-hydrogen) atoms. The van der Waals surface area contributed by atoms with Crippen LogP contribution in [0.3, 0.4) is 0 Å². The lowest BCUT2D eigenvalue weighted by molar-refractivity contribution is 0.380. The number of anilines is 2. The SMILES string of the molecule is C=CC([C@@H](C)C(C)C)N(c1ccc(C(C)(C)CCCC)cc1)c1cc(Br)cc(C(C)(C)C)c1. The summed E-state index contributed by atoms with van der Waals surface area (Å²) < 4.78 is 1.12. The number of unbranched alkanes of at least 4 members (excludes halogenated alkanes) is 1. The Hall–Kier alpha value is -1.54. The first kappa shape index (κ1) is 27.7. The maximum Gasteiger partial charge on any atom is 0.0547 e. The van der Waals surface area contributed by atoms with E-state index in [1.54, 1.807) is 0 Å². The van der Waals surface area contributed by atoms with Gasteiger partial charge < -0.3 is 4.90 Å². The Labute approximate surface area is 212 Å². The zero-order valence-electron chi connectivity index (χ0n) is 22.5. The molecule has 0 N–H and O–H groups in total. The van der Waals surface area contributed by atoms with Crippen molar-refractivity contribution in [3.63, 3.8) is 0 Å². The molecule has 0 aliphatic carbocycles. The van der Waals surface area contributed by atoms with E-state index < -0.39 is 0 Å². The molecular formula is C31H46BrN. The summed E-state index contributed by atoms with van der Waals surface area (Å²) in [5.41, 5.74) is 5.44. The molecule has 1 unspecified atom stereocenters.